The van der Waals surface area contributed by atoms with E-state index in [0.29, 0.717) is 0 Å². The molecular weight excluding hydrogens is 212 g/mol. The number of amides is 1. The molecule has 0 atom stereocenters. The van der Waals surface area contributed by atoms with Gasteiger partial charge >= 0.3 is 0 Å². The number of carbonyl (C=O) groups is 1. The van der Waals surface area contributed by atoms with Gasteiger partial charge in [-0.15, -0.1) is 0 Å². The zero-order valence-corrected chi connectivity index (χ0v) is 9.34. The number of thiocarbonyl (C=S) groups is 1. The summed E-state index contributed by atoms with van der Waals surface area (Å²) in [5.74, 6) is -0.346. The number of rotatable bonds is 3. The Bertz CT molecular complexity index is 377. The molecule has 1 amide bonds. The first-order chi connectivity index (χ1) is 6.93. The fraction of sp³-hybridized carbons (Fsp3) is 0.333. The van der Waals surface area contributed by atoms with Gasteiger partial charge in [0.1, 0.15) is 5.69 Å². The van der Waals surface area contributed by atoms with Gasteiger partial charge < -0.3 is 11.1 Å². The molecule has 80 valence electrons. The van der Waals surface area contributed by atoms with Crippen LogP contribution in [0.2, 0.25) is 0 Å². The van der Waals surface area contributed by atoms with Crippen molar-refractivity contribution < 1.29 is 4.79 Å². The van der Waals surface area contributed by atoms with E-state index in [4.69, 9.17) is 18.0 Å². The number of nitrogens with two attached hydrogens (primary N) is 1. The van der Waals surface area contributed by atoms with Gasteiger partial charge in [-0.05, 0) is 13.8 Å². The average molecular weight is 224 g/mol. The highest BCUT2D eigenvalue weighted by molar-refractivity contribution is 7.80. The zero-order valence-electron chi connectivity index (χ0n) is 8.52. The summed E-state index contributed by atoms with van der Waals surface area (Å²) in [6.07, 6.45) is 4.32. The van der Waals surface area contributed by atoms with Crippen molar-refractivity contribution in [2.75, 3.05) is 0 Å². The van der Waals surface area contributed by atoms with E-state index < -0.39 is 5.54 Å². The molecule has 5 nitrogen and oxygen atoms in total. The van der Waals surface area contributed by atoms with Crippen LogP contribution in [0.15, 0.2) is 18.6 Å². The van der Waals surface area contributed by atoms with Crippen LogP contribution in [0.1, 0.15) is 24.3 Å². The van der Waals surface area contributed by atoms with Crippen molar-refractivity contribution in [2.24, 2.45) is 5.73 Å². The summed E-state index contributed by atoms with van der Waals surface area (Å²) in [5, 5.41) is 2.66. The second-order valence-corrected chi connectivity index (χ2v) is 3.97. The van der Waals surface area contributed by atoms with Crippen LogP contribution in [-0.4, -0.2) is 26.4 Å². The van der Waals surface area contributed by atoms with E-state index in [2.05, 4.69) is 15.3 Å². The fourth-order valence-electron chi connectivity index (χ4n) is 0.826. The Morgan fingerprint density at radius 2 is 2.20 bits per heavy atom. The second kappa shape index (κ2) is 4.31. The van der Waals surface area contributed by atoms with Crippen molar-refractivity contribution >= 4 is 23.1 Å². The van der Waals surface area contributed by atoms with E-state index in [9.17, 15) is 4.79 Å². The Kier molecular flexibility index (Phi) is 3.31. The molecule has 6 heteroatoms. The van der Waals surface area contributed by atoms with Gasteiger partial charge in [0.2, 0.25) is 0 Å². The highest BCUT2D eigenvalue weighted by Crippen LogP contribution is 2.03. The van der Waals surface area contributed by atoms with Crippen molar-refractivity contribution in [3.8, 4) is 0 Å². The van der Waals surface area contributed by atoms with Gasteiger partial charge in [-0.1, -0.05) is 12.2 Å². The van der Waals surface area contributed by atoms with Gasteiger partial charge in [0.05, 0.1) is 16.7 Å². The molecule has 0 bridgehead atoms. The van der Waals surface area contributed by atoms with Crippen LogP contribution in [-0.2, 0) is 0 Å². The lowest BCUT2D eigenvalue weighted by Crippen LogP contribution is -2.52. The Hall–Kier alpha value is -1.56. The number of hydrogen-bond donors (Lipinski definition) is 2. The minimum atomic E-state index is -0.732. The maximum atomic E-state index is 11.6. The Morgan fingerprint density at radius 3 is 2.67 bits per heavy atom. The highest BCUT2D eigenvalue weighted by Gasteiger charge is 2.24. The molecule has 0 aliphatic heterocycles. The van der Waals surface area contributed by atoms with Gasteiger partial charge in [0.25, 0.3) is 5.91 Å². The van der Waals surface area contributed by atoms with E-state index in [0.717, 1.165) is 0 Å². The summed E-state index contributed by atoms with van der Waals surface area (Å²) in [7, 11) is 0. The SMILES string of the molecule is CC(C)(NC(=O)c1cnccn1)C(N)=S. The van der Waals surface area contributed by atoms with Crippen LogP contribution in [0.5, 0.6) is 0 Å². The molecule has 0 saturated carbocycles. The molecule has 15 heavy (non-hydrogen) atoms. The number of carbonyl (C=O) groups excluding carboxylic acids is 1. The van der Waals surface area contributed by atoms with Crippen LogP contribution in [0.4, 0.5) is 0 Å². The van der Waals surface area contributed by atoms with Crippen LogP contribution >= 0.6 is 12.2 Å². The normalized spacial score (nSPS) is 10.8. The van der Waals surface area contributed by atoms with Gasteiger partial charge in [0, 0.05) is 12.4 Å². The third-order valence-corrected chi connectivity index (χ3v) is 2.35. The molecule has 1 rings (SSSR count). The molecule has 1 aromatic heterocycles. The standard InChI is InChI=1S/C9H12N4OS/c1-9(2,8(10)15)13-7(14)6-5-11-3-4-12-6/h3-5H,1-2H3,(H2,10,15)(H,13,14). The van der Waals surface area contributed by atoms with Crippen LogP contribution in [0.3, 0.4) is 0 Å². The summed E-state index contributed by atoms with van der Waals surface area (Å²) in [6, 6.07) is 0. The van der Waals surface area contributed by atoms with E-state index in [-0.39, 0.29) is 16.6 Å². The van der Waals surface area contributed by atoms with Gasteiger partial charge in [-0.2, -0.15) is 0 Å². The monoisotopic (exact) mass is 224 g/mol. The molecule has 0 aromatic carbocycles. The Labute approximate surface area is 93.1 Å². The van der Waals surface area contributed by atoms with Gasteiger partial charge in [0.15, 0.2) is 0 Å². The minimum Gasteiger partial charge on any atom is -0.391 e. The largest absolute Gasteiger partial charge is 0.391 e. The topological polar surface area (TPSA) is 80.9 Å². The Morgan fingerprint density at radius 1 is 1.53 bits per heavy atom. The van der Waals surface area contributed by atoms with Crippen molar-refractivity contribution in [2.45, 2.75) is 19.4 Å². The highest BCUT2D eigenvalue weighted by atomic mass is 32.1. The molecule has 0 aliphatic rings. The summed E-state index contributed by atoms with van der Waals surface area (Å²) < 4.78 is 0. The van der Waals surface area contributed by atoms with Gasteiger partial charge in [-0.3, -0.25) is 9.78 Å². The van der Waals surface area contributed by atoms with Crippen molar-refractivity contribution in [3.63, 3.8) is 0 Å². The van der Waals surface area contributed by atoms with Crippen molar-refractivity contribution in [1.82, 2.24) is 15.3 Å². The molecule has 1 aromatic rings. The lowest BCUT2D eigenvalue weighted by atomic mass is 10.1. The van der Waals surface area contributed by atoms with E-state index >= 15 is 0 Å². The third kappa shape index (κ3) is 2.95. The van der Waals surface area contributed by atoms with Crippen molar-refractivity contribution in [3.05, 3.63) is 24.3 Å². The maximum Gasteiger partial charge on any atom is 0.272 e. The third-order valence-electron chi connectivity index (χ3n) is 1.84. The predicted molar refractivity (Wildman–Crippen MR) is 60.4 cm³/mol. The summed E-state index contributed by atoms with van der Waals surface area (Å²) in [5.41, 5.74) is 4.98. The number of hydrogen-bond acceptors (Lipinski definition) is 4. The first-order valence-corrected chi connectivity index (χ1v) is 4.73. The summed E-state index contributed by atoms with van der Waals surface area (Å²) in [6.45, 7) is 3.45. The zero-order chi connectivity index (χ0) is 11.5. The molecule has 0 fully saturated rings. The van der Waals surface area contributed by atoms with Crippen LogP contribution in [0, 0.1) is 0 Å². The minimum absolute atomic E-state index is 0.222. The molecule has 0 unspecified atom stereocenters. The Balaban J connectivity index is 2.77. The molecule has 1 heterocycles. The summed E-state index contributed by atoms with van der Waals surface area (Å²) in [4.78, 5) is 19.5. The number of nitrogens with zero attached hydrogens (tertiary/aromatic N) is 2. The quantitative estimate of drug-likeness (QED) is 0.720. The van der Waals surface area contributed by atoms with E-state index in [1.54, 1.807) is 13.8 Å². The summed E-state index contributed by atoms with van der Waals surface area (Å²) >= 11 is 4.83. The average Bonchev–Trinajstić information content (AvgIpc) is 2.18. The van der Waals surface area contributed by atoms with E-state index in [1.165, 1.54) is 18.6 Å². The second-order valence-electron chi connectivity index (χ2n) is 3.53. The van der Waals surface area contributed by atoms with E-state index in [1.807, 2.05) is 0 Å². The van der Waals surface area contributed by atoms with Crippen LogP contribution in [0.25, 0.3) is 0 Å². The molecular formula is C9H12N4OS. The molecule has 0 radical (unpaired) electrons. The van der Waals surface area contributed by atoms with Crippen molar-refractivity contribution in [1.29, 1.82) is 0 Å². The molecule has 3 N–H and O–H groups in total. The lowest BCUT2D eigenvalue weighted by Gasteiger charge is -2.24. The fourth-order valence-corrected chi connectivity index (χ4v) is 0.877. The van der Waals surface area contributed by atoms with Gasteiger partial charge in [-0.25, -0.2) is 4.98 Å². The molecule has 0 spiro atoms. The lowest BCUT2D eigenvalue weighted by molar-refractivity contribution is 0.0926. The van der Waals surface area contributed by atoms with Crippen LogP contribution < -0.4 is 11.1 Å². The number of nitrogens with one attached hydrogen (secondary N) is 1. The first-order valence-electron chi connectivity index (χ1n) is 4.32. The predicted octanol–water partition coefficient (Wildman–Crippen LogP) is 0.271. The smallest absolute Gasteiger partial charge is 0.272 e. The molecule has 0 aliphatic carbocycles. The first kappa shape index (κ1) is 11.5. The molecule has 0 saturated heterocycles. The number of aromatic nitrogens is 2. The maximum absolute atomic E-state index is 11.6.